The third kappa shape index (κ3) is 27.2. The molecule has 1 rings (SSSR count). The molecule has 0 aromatic carbocycles. The zero-order valence-electron chi connectivity index (χ0n) is 31.8. The van der Waals surface area contributed by atoms with Crippen molar-refractivity contribution in [3.05, 3.63) is 0 Å². The minimum absolute atomic E-state index is 0.0674. The summed E-state index contributed by atoms with van der Waals surface area (Å²) in [5.74, 6) is 0.174. The fourth-order valence-corrected chi connectivity index (χ4v) is 6.42. The van der Waals surface area contributed by atoms with Crippen molar-refractivity contribution in [2.45, 2.75) is 174 Å². The van der Waals surface area contributed by atoms with E-state index < -0.39 is 0 Å². The van der Waals surface area contributed by atoms with Crippen LogP contribution in [0.3, 0.4) is 0 Å². The van der Waals surface area contributed by atoms with E-state index in [9.17, 15) is 14.4 Å². The second-order valence-electron chi connectivity index (χ2n) is 14.4. The first-order chi connectivity index (χ1) is 23.5. The van der Waals surface area contributed by atoms with Crippen LogP contribution in [0.4, 0.5) is 0 Å². The molecule has 0 bridgehead atoms. The summed E-state index contributed by atoms with van der Waals surface area (Å²) in [5.41, 5.74) is 0. The van der Waals surface area contributed by atoms with Crippen LogP contribution in [-0.2, 0) is 23.9 Å². The molecule has 0 aliphatic carbocycles. The Kier molecular flexibility index (Phi) is 30.1. The van der Waals surface area contributed by atoms with Crippen molar-refractivity contribution in [1.29, 1.82) is 0 Å². The van der Waals surface area contributed by atoms with E-state index in [1.54, 1.807) is 4.90 Å². The molecule has 0 aromatic rings. The molecule has 1 saturated heterocycles. The number of piperidine rings is 1. The van der Waals surface area contributed by atoms with Gasteiger partial charge in [-0.15, -0.1) is 0 Å². The first-order valence-corrected chi connectivity index (χ1v) is 20.4. The Morgan fingerprint density at radius 3 is 1.69 bits per heavy atom. The Hall–Kier alpha value is -1.67. The average Bonchev–Trinajstić information content (AvgIpc) is 3.09. The molecule has 1 aliphatic rings. The van der Waals surface area contributed by atoms with Gasteiger partial charge < -0.3 is 24.6 Å². The van der Waals surface area contributed by atoms with Crippen molar-refractivity contribution in [3.63, 3.8) is 0 Å². The largest absolute Gasteiger partial charge is 0.464 e. The summed E-state index contributed by atoms with van der Waals surface area (Å²) in [7, 11) is 2.13. The van der Waals surface area contributed by atoms with E-state index in [-0.39, 0.29) is 37.2 Å². The zero-order chi connectivity index (χ0) is 34.9. The predicted molar refractivity (Wildman–Crippen MR) is 199 cm³/mol. The van der Waals surface area contributed by atoms with Gasteiger partial charge in [0.25, 0.3) is 0 Å². The fraction of sp³-hybridized carbons (Fsp3) is 0.925. The molecule has 48 heavy (non-hydrogen) atoms. The Morgan fingerprint density at radius 2 is 1.12 bits per heavy atom. The van der Waals surface area contributed by atoms with Crippen molar-refractivity contribution in [3.8, 4) is 0 Å². The highest BCUT2D eigenvalue weighted by molar-refractivity contribution is 5.83. The van der Waals surface area contributed by atoms with Gasteiger partial charge in [0.2, 0.25) is 11.8 Å². The molecular formula is C40H77N3O5. The molecule has 1 aliphatic heterocycles. The van der Waals surface area contributed by atoms with Gasteiger partial charge in [0.15, 0.2) is 0 Å². The summed E-state index contributed by atoms with van der Waals surface area (Å²) in [6, 6.07) is 0. The maximum absolute atomic E-state index is 13.1. The number of esters is 1. The van der Waals surface area contributed by atoms with Crippen LogP contribution in [-0.4, -0.2) is 87.2 Å². The van der Waals surface area contributed by atoms with Crippen molar-refractivity contribution in [2.75, 3.05) is 59.6 Å². The van der Waals surface area contributed by atoms with Gasteiger partial charge in [0, 0.05) is 39.0 Å². The Balaban J connectivity index is 2.29. The lowest BCUT2D eigenvalue weighted by Crippen LogP contribution is -2.39. The highest BCUT2D eigenvalue weighted by Gasteiger charge is 2.19. The van der Waals surface area contributed by atoms with Gasteiger partial charge in [-0.05, 0) is 51.7 Å². The number of nitrogens with zero attached hydrogens (tertiary/aromatic N) is 2. The summed E-state index contributed by atoms with van der Waals surface area (Å²) in [5, 5.41) is 3.04. The number of likely N-dealkylation sites (tertiary alicyclic amines) is 1. The molecule has 0 spiro atoms. The zero-order valence-corrected chi connectivity index (χ0v) is 31.8. The van der Waals surface area contributed by atoms with Crippen LogP contribution in [0.2, 0.25) is 0 Å². The molecular weight excluding hydrogens is 602 g/mol. The van der Waals surface area contributed by atoms with Gasteiger partial charge in [-0.25, -0.2) is 0 Å². The van der Waals surface area contributed by atoms with Crippen LogP contribution in [0.25, 0.3) is 0 Å². The van der Waals surface area contributed by atoms with Gasteiger partial charge >= 0.3 is 5.97 Å². The van der Waals surface area contributed by atoms with E-state index in [4.69, 9.17) is 9.47 Å². The standard InChI is InChI=1S/C40H77N3O5/c1-4-6-8-10-12-14-15-16-18-20-22-24-40(46)48-35-32-43(31-34-47-33-23-21-19-17-13-11-9-7-5-2)39(45)26-25-38(44)41-36-37-27-29-42(3)30-28-37/h37H,4-36H2,1-3H3,(H,41,44). The Bertz CT molecular complexity index is 772. The van der Waals surface area contributed by atoms with E-state index in [1.165, 1.54) is 109 Å². The number of nitrogens with one attached hydrogen (secondary N) is 1. The van der Waals surface area contributed by atoms with Crippen molar-refractivity contribution in [1.82, 2.24) is 15.1 Å². The SMILES string of the molecule is CCCCCCCCCCCCCC(=O)OCCN(CCOCCCCCCCCCCC)C(=O)CCC(=O)NCC1CCN(C)CC1. The van der Waals surface area contributed by atoms with E-state index in [0.29, 0.717) is 45.2 Å². The lowest BCUT2D eigenvalue weighted by Gasteiger charge is -2.29. The molecule has 0 atom stereocenters. The van der Waals surface area contributed by atoms with Crippen LogP contribution < -0.4 is 5.32 Å². The summed E-state index contributed by atoms with van der Waals surface area (Å²) < 4.78 is 11.4. The van der Waals surface area contributed by atoms with Crippen molar-refractivity contribution >= 4 is 17.8 Å². The molecule has 0 saturated carbocycles. The molecule has 282 valence electrons. The number of hydrogen-bond acceptors (Lipinski definition) is 6. The molecule has 2 amide bonds. The predicted octanol–water partition coefficient (Wildman–Crippen LogP) is 8.84. The Labute approximate surface area is 296 Å². The number of carbonyl (C=O) groups is 3. The smallest absolute Gasteiger partial charge is 0.305 e. The number of amides is 2. The maximum Gasteiger partial charge on any atom is 0.305 e. The van der Waals surface area contributed by atoms with Crippen molar-refractivity contribution < 1.29 is 23.9 Å². The van der Waals surface area contributed by atoms with Crippen LogP contribution in [0.1, 0.15) is 174 Å². The number of carbonyl (C=O) groups excluding carboxylic acids is 3. The third-order valence-electron chi connectivity index (χ3n) is 9.85. The quantitative estimate of drug-likeness (QED) is 0.0551. The van der Waals surface area contributed by atoms with Crippen LogP contribution in [0.5, 0.6) is 0 Å². The number of ether oxygens (including phenoxy) is 2. The maximum atomic E-state index is 13.1. The first-order valence-electron chi connectivity index (χ1n) is 20.4. The second-order valence-corrected chi connectivity index (χ2v) is 14.4. The lowest BCUT2D eigenvalue weighted by atomic mass is 9.97. The fourth-order valence-electron chi connectivity index (χ4n) is 6.42. The normalized spacial score (nSPS) is 13.9. The molecule has 0 radical (unpaired) electrons. The van der Waals surface area contributed by atoms with Gasteiger partial charge in [0.05, 0.1) is 13.2 Å². The van der Waals surface area contributed by atoms with Crippen LogP contribution in [0.15, 0.2) is 0 Å². The second kappa shape index (κ2) is 32.5. The lowest BCUT2D eigenvalue weighted by molar-refractivity contribution is -0.146. The highest BCUT2D eigenvalue weighted by Crippen LogP contribution is 2.15. The molecule has 1 heterocycles. The third-order valence-corrected chi connectivity index (χ3v) is 9.85. The molecule has 0 aromatic heterocycles. The average molecular weight is 680 g/mol. The summed E-state index contributed by atoms with van der Waals surface area (Å²) in [4.78, 5) is 42.0. The highest BCUT2D eigenvalue weighted by atomic mass is 16.5. The Morgan fingerprint density at radius 1 is 0.625 bits per heavy atom. The molecule has 8 nitrogen and oxygen atoms in total. The minimum Gasteiger partial charge on any atom is -0.464 e. The van der Waals surface area contributed by atoms with E-state index in [2.05, 4.69) is 31.1 Å². The molecule has 1 N–H and O–H groups in total. The van der Waals surface area contributed by atoms with Gasteiger partial charge in [-0.3, -0.25) is 14.4 Å². The minimum atomic E-state index is -0.187. The van der Waals surface area contributed by atoms with Crippen molar-refractivity contribution in [2.24, 2.45) is 5.92 Å². The van der Waals surface area contributed by atoms with Gasteiger partial charge in [-0.1, -0.05) is 129 Å². The topological polar surface area (TPSA) is 88.2 Å². The van der Waals surface area contributed by atoms with E-state index in [0.717, 1.165) is 45.2 Å². The number of unbranched alkanes of at least 4 members (excludes halogenated alkanes) is 18. The van der Waals surface area contributed by atoms with Crippen LogP contribution in [0, 0.1) is 5.92 Å². The summed E-state index contributed by atoms with van der Waals surface area (Å²) in [6.07, 6.45) is 28.1. The number of hydrogen-bond donors (Lipinski definition) is 1. The van der Waals surface area contributed by atoms with E-state index >= 15 is 0 Å². The van der Waals surface area contributed by atoms with E-state index in [1.807, 2.05) is 0 Å². The van der Waals surface area contributed by atoms with Gasteiger partial charge in [0.1, 0.15) is 6.61 Å². The molecule has 1 fully saturated rings. The first kappa shape index (κ1) is 44.4. The summed E-state index contributed by atoms with van der Waals surface area (Å²) >= 11 is 0. The number of rotatable bonds is 33. The molecule has 8 heteroatoms. The monoisotopic (exact) mass is 680 g/mol. The van der Waals surface area contributed by atoms with Gasteiger partial charge in [-0.2, -0.15) is 0 Å². The summed E-state index contributed by atoms with van der Waals surface area (Å²) in [6.45, 7) is 9.45. The molecule has 0 unspecified atom stereocenters. The van der Waals surface area contributed by atoms with Crippen LogP contribution >= 0.6 is 0 Å².